The first-order chi connectivity index (χ1) is 15.9. The fourth-order valence-corrected chi connectivity index (χ4v) is 3.82. The van der Waals surface area contributed by atoms with Gasteiger partial charge in [0.25, 0.3) is 11.5 Å². The quantitative estimate of drug-likeness (QED) is 0.445. The zero-order valence-electron chi connectivity index (χ0n) is 18.2. The lowest BCUT2D eigenvalue weighted by molar-refractivity contribution is 0.0729. The van der Waals surface area contributed by atoms with E-state index < -0.39 is 11.2 Å². The number of halogens is 1. The van der Waals surface area contributed by atoms with Crippen molar-refractivity contribution < 1.29 is 9.21 Å². The topological polar surface area (TPSA) is 114 Å². The van der Waals surface area contributed by atoms with Gasteiger partial charge in [-0.3, -0.25) is 14.2 Å². The fourth-order valence-electron chi connectivity index (χ4n) is 3.60. The highest BCUT2D eigenvalue weighted by Gasteiger charge is 2.20. The first kappa shape index (κ1) is 22.5. The summed E-state index contributed by atoms with van der Waals surface area (Å²) in [5, 5.41) is 8.95. The summed E-state index contributed by atoms with van der Waals surface area (Å²) in [6, 6.07) is 11.8. The Morgan fingerprint density at radius 3 is 2.67 bits per heavy atom. The van der Waals surface area contributed by atoms with Crippen LogP contribution >= 0.6 is 11.6 Å². The van der Waals surface area contributed by atoms with Crippen molar-refractivity contribution >= 4 is 28.4 Å². The van der Waals surface area contributed by atoms with Gasteiger partial charge in [0.2, 0.25) is 11.8 Å². The van der Waals surface area contributed by atoms with Gasteiger partial charge in [0.15, 0.2) is 0 Å². The summed E-state index contributed by atoms with van der Waals surface area (Å²) < 4.78 is 6.86. The monoisotopic (exact) mass is 467 g/mol. The lowest BCUT2D eigenvalue weighted by Crippen LogP contribution is -2.35. The summed E-state index contributed by atoms with van der Waals surface area (Å²) in [6.07, 6.45) is 0.711. The number of fused-ring (bicyclic) bond motifs is 1. The average Bonchev–Trinajstić information content (AvgIpc) is 3.27. The van der Waals surface area contributed by atoms with Crippen LogP contribution in [0.4, 0.5) is 0 Å². The molecule has 0 bridgehead atoms. The number of benzene rings is 2. The third-order valence-corrected chi connectivity index (χ3v) is 5.55. The van der Waals surface area contributed by atoms with Crippen LogP contribution in [0.25, 0.3) is 22.4 Å². The largest absolute Gasteiger partial charge is 0.419 e. The summed E-state index contributed by atoms with van der Waals surface area (Å²) in [5.41, 5.74) is 0.367. The fraction of sp³-hybridized carbons (Fsp3) is 0.261. The Labute approximate surface area is 193 Å². The molecule has 0 saturated carbocycles. The number of amides is 1. The van der Waals surface area contributed by atoms with Crippen molar-refractivity contribution in [2.24, 2.45) is 0 Å². The maximum atomic E-state index is 13.2. The molecular weight excluding hydrogens is 446 g/mol. The molecule has 0 atom stereocenters. The van der Waals surface area contributed by atoms with Gasteiger partial charge in [-0.05, 0) is 43.7 Å². The number of hydrogen-bond donors (Lipinski definition) is 1. The molecule has 9 nitrogen and oxygen atoms in total. The third kappa shape index (κ3) is 4.45. The van der Waals surface area contributed by atoms with Gasteiger partial charge < -0.3 is 14.3 Å². The molecule has 1 N–H and O–H groups in total. The smallest absolute Gasteiger partial charge is 0.328 e. The molecule has 2 aromatic carbocycles. The van der Waals surface area contributed by atoms with Crippen molar-refractivity contribution in [3.8, 4) is 11.5 Å². The third-order valence-electron chi connectivity index (χ3n) is 5.22. The number of nitrogens with zero attached hydrogens (tertiary/aromatic N) is 4. The van der Waals surface area contributed by atoms with E-state index in [4.69, 9.17) is 16.0 Å². The molecule has 10 heteroatoms. The van der Waals surface area contributed by atoms with Crippen LogP contribution in [0.2, 0.25) is 5.02 Å². The van der Waals surface area contributed by atoms with Gasteiger partial charge in [0.1, 0.15) is 0 Å². The maximum absolute atomic E-state index is 13.2. The number of aromatic amines is 1. The second-order valence-corrected chi connectivity index (χ2v) is 7.85. The molecule has 0 unspecified atom stereocenters. The van der Waals surface area contributed by atoms with Crippen LogP contribution in [0.5, 0.6) is 0 Å². The van der Waals surface area contributed by atoms with Crippen LogP contribution in [0.15, 0.2) is 56.5 Å². The van der Waals surface area contributed by atoms with Crippen molar-refractivity contribution in [3.05, 3.63) is 79.8 Å². The zero-order valence-corrected chi connectivity index (χ0v) is 18.9. The van der Waals surface area contributed by atoms with E-state index in [1.54, 1.807) is 42.2 Å². The van der Waals surface area contributed by atoms with Crippen LogP contribution in [0, 0.1) is 0 Å². The Morgan fingerprint density at radius 1 is 1.15 bits per heavy atom. The molecule has 33 heavy (non-hydrogen) atoms. The molecule has 0 aliphatic heterocycles. The summed E-state index contributed by atoms with van der Waals surface area (Å²) in [4.78, 5) is 42.2. The molecule has 0 radical (unpaired) electrons. The van der Waals surface area contributed by atoms with Gasteiger partial charge in [-0.2, -0.15) is 0 Å². The highest BCUT2D eigenvalue weighted by atomic mass is 35.5. The maximum Gasteiger partial charge on any atom is 0.328 e. The van der Waals surface area contributed by atoms with E-state index in [2.05, 4.69) is 15.2 Å². The van der Waals surface area contributed by atoms with Crippen molar-refractivity contribution in [1.82, 2.24) is 24.6 Å². The van der Waals surface area contributed by atoms with Gasteiger partial charge in [-0.25, -0.2) is 4.79 Å². The Balaban J connectivity index is 1.63. The van der Waals surface area contributed by atoms with Crippen molar-refractivity contribution in [2.45, 2.75) is 33.4 Å². The number of nitrogens with one attached hydrogen (secondary N) is 1. The Morgan fingerprint density at radius 2 is 1.94 bits per heavy atom. The first-order valence-electron chi connectivity index (χ1n) is 10.6. The minimum atomic E-state index is -0.511. The Kier molecular flexibility index (Phi) is 6.41. The van der Waals surface area contributed by atoms with Crippen LogP contribution in [0.1, 0.15) is 36.5 Å². The molecule has 0 saturated heterocycles. The Hall–Kier alpha value is -3.72. The number of H-pyrrole nitrogens is 1. The normalized spacial score (nSPS) is 11.1. The van der Waals surface area contributed by atoms with Crippen LogP contribution in [-0.4, -0.2) is 37.1 Å². The van der Waals surface area contributed by atoms with E-state index in [0.29, 0.717) is 40.0 Å². The summed E-state index contributed by atoms with van der Waals surface area (Å²) in [5.74, 6) is 0.262. The predicted molar refractivity (Wildman–Crippen MR) is 124 cm³/mol. The predicted octanol–water partition coefficient (Wildman–Crippen LogP) is 3.47. The lowest BCUT2D eigenvalue weighted by Gasteiger charge is -2.20. The molecule has 170 valence electrons. The van der Waals surface area contributed by atoms with E-state index in [1.165, 1.54) is 6.07 Å². The molecule has 0 spiro atoms. The van der Waals surface area contributed by atoms with E-state index in [-0.39, 0.29) is 30.8 Å². The molecule has 0 aliphatic rings. The molecule has 2 heterocycles. The van der Waals surface area contributed by atoms with Gasteiger partial charge in [0, 0.05) is 18.7 Å². The summed E-state index contributed by atoms with van der Waals surface area (Å²) >= 11 is 6.20. The highest BCUT2D eigenvalue weighted by Crippen LogP contribution is 2.26. The zero-order chi connectivity index (χ0) is 23.5. The van der Waals surface area contributed by atoms with Gasteiger partial charge in [0.05, 0.1) is 28.0 Å². The molecule has 4 rings (SSSR count). The van der Waals surface area contributed by atoms with Crippen molar-refractivity contribution in [2.75, 3.05) is 6.54 Å². The molecule has 0 fully saturated rings. The van der Waals surface area contributed by atoms with Gasteiger partial charge >= 0.3 is 5.69 Å². The number of hydrogen-bond acceptors (Lipinski definition) is 6. The Bertz CT molecular complexity index is 1440. The van der Waals surface area contributed by atoms with E-state index >= 15 is 0 Å². The highest BCUT2D eigenvalue weighted by molar-refractivity contribution is 6.33. The van der Waals surface area contributed by atoms with E-state index in [1.807, 2.05) is 13.0 Å². The lowest BCUT2D eigenvalue weighted by atomic mass is 10.1. The van der Waals surface area contributed by atoms with Gasteiger partial charge in [-0.1, -0.05) is 30.7 Å². The minimum absolute atomic E-state index is 0.107. The van der Waals surface area contributed by atoms with Crippen molar-refractivity contribution in [3.63, 3.8) is 0 Å². The van der Waals surface area contributed by atoms with Gasteiger partial charge in [-0.15, -0.1) is 10.2 Å². The molecule has 2 aromatic heterocycles. The number of aromatic nitrogens is 4. The standard InChI is InChI=1S/C23H22ClN5O4/c1-3-11-28(13-19-26-27-20(33-19)15-7-5-6-8-17(15)24)21(30)14-9-10-16-18(12-14)25-23(32)29(4-2)22(16)31/h5-10,12H,3-4,11,13H2,1-2H3,(H,25,32). The second-order valence-electron chi connectivity index (χ2n) is 7.45. The molecule has 0 aliphatic carbocycles. The second kappa shape index (κ2) is 9.41. The number of rotatable bonds is 7. The molecular formula is C23H22ClN5O4. The average molecular weight is 468 g/mol. The van der Waals surface area contributed by atoms with Crippen LogP contribution in [0.3, 0.4) is 0 Å². The van der Waals surface area contributed by atoms with Crippen molar-refractivity contribution in [1.29, 1.82) is 0 Å². The minimum Gasteiger partial charge on any atom is -0.419 e. The summed E-state index contributed by atoms with van der Waals surface area (Å²) in [7, 11) is 0. The summed E-state index contributed by atoms with van der Waals surface area (Å²) in [6.45, 7) is 4.49. The van der Waals surface area contributed by atoms with Crippen LogP contribution in [-0.2, 0) is 13.1 Å². The number of carbonyl (C=O) groups is 1. The first-order valence-corrected chi connectivity index (χ1v) is 10.9. The van der Waals surface area contributed by atoms with E-state index in [9.17, 15) is 14.4 Å². The SMILES string of the molecule is CCCN(Cc1nnc(-c2ccccc2Cl)o1)C(=O)c1ccc2c(=O)n(CC)c(=O)[nH]c2c1. The molecule has 1 amide bonds. The van der Waals surface area contributed by atoms with E-state index in [0.717, 1.165) is 4.57 Å². The molecule has 4 aromatic rings. The number of carbonyl (C=O) groups excluding carboxylic acids is 1. The van der Waals surface area contributed by atoms with Crippen LogP contribution < -0.4 is 11.2 Å².